The average molecular weight is 529 g/mol. The fourth-order valence-electron chi connectivity index (χ4n) is 5.54. The second-order valence-electron chi connectivity index (χ2n) is 11.5. The van der Waals surface area contributed by atoms with Crippen LogP contribution in [0.4, 0.5) is 0 Å². The van der Waals surface area contributed by atoms with Gasteiger partial charge in [0.1, 0.15) is 0 Å². The molecule has 0 aliphatic rings. The summed E-state index contributed by atoms with van der Waals surface area (Å²) in [5, 5.41) is 4.34. The summed E-state index contributed by atoms with van der Waals surface area (Å²) in [5.74, 6) is 0. The highest BCUT2D eigenvalue weighted by Gasteiger charge is 2.10. The van der Waals surface area contributed by atoms with Crippen molar-refractivity contribution in [3.05, 3.63) is 22.1 Å². The van der Waals surface area contributed by atoms with E-state index in [9.17, 15) is 0 Å². The van der Waals surface area contributed by atoms with E-state index in [1.54, 1.807) is 11.3 Å². The van der Waals surface area contributed by atoms with Crippen LogP contribution in [0.3, 0.4) is 0 Å². The number of hydrogen-bond acceptors (Lipinski definition) is 3. The van der Waals surface area contributed by atoms with Crippen LogP contribution in [0.2, 0.25) is 0 Å². The van der Waals surface area contributed by atoms with E-state index in [-0.39, 0.29) is 0 Å². The maximum Gasteiger partial charge on any atom is 0.0997 e. The van der Waals surface area contributed by atoms with Crippen LogP contribution in [0, 0.1) is 0 Å². The van der Waals surface area contributed by atoms with E-state index < -0.39 is 0 Å². The Bertz CT molecular complexity index is 706. The van der Waals surface area contributed by atoms with E-state index in [0.29, 0.717) is 0 Å². The van der Waals surface area contributed by atoms with Crippen molar-refractivity contribution in [2.45, 2.75) is 181 Å². The van der Waals surface area contributed by atoms with Crippen molar-refractivity contribution < 1.29 is 0 Å². The third kappa shape index (κ3) is 15.9. The van der Waals surface area contributed by atoms with Gasteiger partial charge in [-0.3, -0.25) is 0 Å². The Hall–Kier alpha value is -0.960. The van der Waals surface area contributed by atoms with Crippen molar-refractivity contribution in [2.75, 3.05) is 0 Å². The highest BCUT2D eigenvalue weighted by atomic mass is 32.1. The van der Waals surface area contributed by atoms with Gasteiger partial charge >= 0.3 is 0 Å². The van der Waals surface area contributed by atoms with Gasteiger partial charge in [-0.1, -0.05) is 155 Å². The van der Waals surface area contributed by atoms with Crippen molar-refractivity contribution in [3.8, 4) is 0 Å². The summed E-state index contributed by atoms with van der Waals surface area (Å²) >= 11 is 1.74. The molecule has 212 valence electrons. The first-order valence-electron chi connectivity index (χ1n) is 16.6. The number of unbranched alkanes of at least 4 members (excludes halogenated alkanes) is 22. The highest BCUT2D eigenvalue weighted by molar-refractivity contribution is 7.09. The largest absolute Gasteiger partial charge is 0.248 e. The summed E-state index contributed by atoms with van der Waals surface area (Å²) in [6, 6.07) is 0. The third-order valence-electron chi connectivity index (χ3n) is 8.00. The molecule has 0 amide bonds. The van der Waals surface area contributed by atoms with Crippen LogP contribution < -0.4 is 0 Å². The summed E-state index contributed by atoms with van der Waals surface area (Å²) in [4.78, 5) is 10.1. The molecular formula is C34H60N2S. The molecule has 0 atom stereocenters. The van der Waals surface area contributed by atoms with Crippen LogP contribution >= 0.6 is 11.3 Å². The molecule has 0 saturated heterocycles. The Balaban J connectivity index is 1.55. The maximum absolute atomic E-state index is 5.05. The number of rotatable bonds is 26. The molecule has 0 unspecified atom stereocenters. The lowest BCUT2D eigenvalue weighted by Gasteiger charge is -2.09. The summed E-state index contributed by atoms with van der Waals surface area (Å²) in [6.45, 7) is 4.60. The number of thiophene rings is 1. The summed E-state index contributed by atoms with van der Waals surface area (Å²) < 4.78 is 0. The van der Waals surface area contributed by atoms with Gasteiger partial charge < -0.3 is 0 Å². The fraction of sp³-hybridized carbons (Fsp3) is 0.824. The van der Waals surface area contributed by atoms with Crippen molar-refractivity contribution >= 4 is 22.4 Å². The normalized spacial score (nSPS) is 11.6. The van der Waals surface area contributed by atoms with Crippen LogP contribution in [-0.4, -0.2) is 9.97 Å². The average Bonchev–Trinajstić information content (AvgIpc) is 3.37. The molecule has 2 heterocycles. The van der Waals surface area contributed by atoms with Crippen molar-refractivity contribution in [1.29, 1.82) is 0 Å². The van der Waals surface area contributed by atoms with E-state index >= 15 is 0 Å². The van der Waals surface area contributed by atoms with Gasteiger partial charge in [-0.15, -0.1) is 11.3 Å². The molecule has 2 aromatic rings. The second-order valence-corrected chi connectivity index (χ2v) is 12.3. The summed E-state index contributed by atoms with van der Waals surface area (Å²) in [6.07, 6.45) is 35.9. The zero-order valence-electron chi connectivity index (χ0n) is 24.8. The van der Waals surface area contributed by atoms with Crippen LogP contribution in [0.1, 0.15) is 179 Å². The van der Waals surface area contributed by atoms with Crippen molar-refractivity contribution in [2.24, 2.45) is 0 Å². The molecular weight excluding hydrogens is 468 g/mol. The van der Waals surface area contributed by atoms with Gasteiger partial charge in [-0.2, -0.15) is 0 Å². The quantitative estimate of drug-likeness (QED) is 0.113. The third-order valence-corrected chi connectivity index (χ3v) is 8.72. The smallest absolute Gasteiger partial charge is 0.0997 e. The Morgan fingerprint density at radius 2 is 0.676 bits per heavy atom. The zero-order chi connectivity index (χ0) is 26.2. The van der Waals surface area contributed by atoms with Gasteiger partial charge in [0.25, 0.3) is 0 Å². The monoisotopic (exact) mass is 528 g/mol. The number of aryl methyl sites for hydroxylation is 2. The second kappa shape index (κ2) is 23.0. The van der Waals surface area contributed by atoms with E-state index in [4.69, 9.17) is 9.97 Å². The molecule has 2 aromatic heterocycles. The van der Waals surface area contributed by atoms with Gasteiger partial charge in [0.2, 0.25) is 0 Å². The van der Waals surface area contributed by atoms with Gasteiger partial charge in [0.15, 0.2) is 0 Å². The number of fused-ring (bicyclic) bond motifs is 1. The van der Waals surface area contributed by atoms with Crippen LogP contribution in [0.15, 0.2) is 10.8 Å². The molecule has 2 nitrogen and oxygen atoms in total. The molecule has 3 heteroatoms. The van der Waals surface area contributed by atoms with E-state index in [2.05, 4.69) is 24.6 Å². The van der Waals surface area contributed by atoms with Gasteiger partial charge in [-0.05, 0) is 25.7 Å². The van der Waals surface area contributed by atoms with Gasteiger partial charge in [0.05, 0.1) is 22.4 Å². The highest BCUT2D eigenvalue weighted by Crippen LogP contribution is 2.21. The molecule has 0 fully saturated rings. The predicted molar refractivity (Wildman–Crippen MR) is 167 cm³/mol. The Morgan fingerprint density at radius 1 is 0.405 bits per heavy atom. The molecule has 0 spiro atoms. The van der Waals surface area contributed by atoms with E-state index in [1.807, 2.05) is 0 Å². The number of aromatic nitrogens is 2. The lowest BCUT2D eigenvalue weighted by atomic mass is 10.0. The minimum Gasteiger partial charge on any atom is -0.248 e. The summed E-state index contributed by atoms with van der Waals surface area (Å²) in [7, 11) is 0. The maximum atomic E-state index is 5.05. The molecule has 0 aliphatic carbocycles. The SMILES string of the molecule is CCCCCCCCCCCCCCc1nc2cscc2nc1CCCCCCCCCCCCCC. The molecule has 0 radical (unpaired) electrons. The van der Waals surface area contributed by atoms with Crippen molar-refractivity contribution in [1.82, 2.24) is 9.97 Å². The number of nitrogens with zero attached hydrogens (tertiary/aromatic N) is 2. The first-order valence-corrected chi connectivity index (χ1v) is 17.5. The molecule has 2 rings (SSSR count). The molecule has 37 heavy (non-hydrogen) atoms. The molecule has 0 N–H and O–H groups in total. The predicted octanol–water partition coefficient (Wildman–Crippen LogP) is 12.2. The van der Waals surface area contributed by atoms with Gasteiger partial charge in [0, 0.05) is 10.8 Å². The molecule has 0 saturated carbocycles. The van der Waals surface area contributed by atoms with Crippen LogP contribution in [-0.2, 0) is 12.8 Å². The molecule has 0 bridgehead atoms. The number of hydrogen-bond donors (Lipinski definition) is 0. The summed E-state index contributed by atoms with van der Waals surface area (Å²) in [5.41, 5.74) is 4.80. The van der Waals surface area contributed by atoms with E-state index in [1.165, 1.54) is 165 Å². The van der Waals surface area contributed by atoms with Crippen LogP contribution in [0.25, 0.3) is 11.0 Å². The van der Waals surface area contributed by atoms with E-state index in [0.717, 1.165) is 23.9 Å². The van der Waals surface area contributed by atoms with Gasteiger partial charge in [-0.25, -0.2) is 9.97 Å². The molecule has 0 aromatic carbocycles. The first-order chi connectivity index (χ1) is 18.3. The Morgan fingerprint density at radius 3 is 0.973 bits per heavy atom. The van der Waals surface area contributed by atoms with Crippen LogP contribution in [0.5, 0.6) is 0 Å². The standard InChI is InChI=1S/C34H60N2S/c1-3-5-7-9-11-13-15-17-19-21-23-25-27-31-32(36-34-30-37-29-33(34)35-31)28-26-24-22-20-18-16-14-12-10-8-6-4-2/h29-30H,3-28H2,1-2H3. The minimum absolute atomic E-state index is 1.11. The first kappa shape index (κ1) is 32.3. The van der Waals surface area contributed by atoms with Crippen molar-refractivity contribution in [3.63, 3.8) is 0 Å². The fourth-order valence-corrected chi connectivity index (χ4v) is 6.21. The lowest BCUT2D eigenvalue weighted by molar-refractivity contribution is 0.540. The Labute approximate surface area is 234 Å². The lowest BCUT2D eigenvalue weighted by Crippen LogP contribution is -2.02. The zero-order valence-corrected chi connectivity index (χ0v) is 25.7. The topological polar surface area (TPSA) is 25.8 Å². The Kier molecular flexibility index (Phi) is 20.0. The minimum atomic E-state index is 1.11. The molecule has 0 aliphatic heterocycles.